The van der Waals surface area contributed by atoms with Crippen molar-refractivity contribution < 1.29 is 24.2 Å². The Morgan fingerprint density at radius 3 is 2.43 bits per heavy atom. The van der Waals surface area contributed by atoms with Gasteiger partial charge in [0.1, 0.15) is 11.3 Å². The van der Waals surface area contributed by atoms with E-state index in [1.807, 2.05) is 0 Å². The average Bonchev–Trinajstić information content (AvgIpc) is 2.39. The first kappa shape index (κ1) is 17.3. The summed E-state index contributed by atoms with van der Waals surface area (Å²) in [6.45, 7) is 3.56. The molecule has 1 amide bonds. The zero-order valence-electron chi connectivity index (χ0n) is 12.3. The lowest BCUT2D eigenvalue weighted by Gasteiger charge is -2.22. The number of anilines is 1. The fraction of sp³-hybridized carbons (Fsp3) is 0.429. The number of benzene rings is 1. The third-order valence-electron chi connectivity index (χ3n) is 2.93. The second-order valence-electron chi connectivity index (χ2n) is 5.03. The van der Waals surface area contributed by atoms with E-state index in [9.17, 15) is 9.59 Å². The summed E-state index contributed by atoms with van der Waals surface area (Å²) in [7, 11) is 2.86. The summed E-state index contributed by atoms with van der Waals surface area (Å²) in [5.41, 5.74) is -0.394. The summed E-state index contributed by atoms with van der Waals surface area (Å²) in [6.07, 6.45) is 0.128. The van der Waals surface area contributed by atoms with Crippen molar-refractivity contribution in [2.24, 2.45) is 0 Å². The maximum absolute atomic E-state index is 12.0. The van der Waals surface area contributed by atoms with Crippen LogP contribution in [0.15, 0.2) is 12.1 Å². The van der Waals surface area contributed by atoms with Gasteiger partial charge in [-0.15, -0.1) is 0 Å². The number of rotatable bonds is 6. The molecule has 0 bridgehead atoms. The molecule has 0 atom stereocenters. The van der Waals surface area contributed by atoms with E-state index in [1.165, 1.54) is 26.4 Å². The molecule has 1 rings (SSSR count). The summed E-state index contributed by atoms with van der Waals surface area (Å²) >= 11 is 5.99. The van der Waals surface area contributed by atoms with Crippen LogP contribution in [-0.2, 0) is 9.53 Å². The van der Waals surface area contributed by atoms with E-state index < -0.39 is 11.6 Å². The number of hydrogen-bond donors (Lipinski definition) is 2. The summed E-state index contributed by atoms with van der Waals surface area (Å²) in [6, 6.07) is 2.61. The van der Waals surface area contributed by atoms with Gasteiger partial charge >= 0.3 is 5.97 Å². The van der Waals surface area contributed by atoms with E-state index >= 15 is 0 Å². The first-order chi connectivity index (χ1) is 9.70. The van der Waals surface area contributed by atoms with Gasteiger partial charge in [-0.25, -0.2) is 4.79 Å². The number of carbonyl (C=O) groups excluding carboxylic acids is 1. The highest BCUT2D eigenvalue weighted by Crippen LogP contribution is 2.31. The largest absolute Gasteiger partial charge is 0.496 e. The second-order valence-corrected chi connectivity index (χ2v) is 5.43. The number of methoxy groups -OCH3 is 2. The highest BCUT2D eigenvalue weighted by Gasteiger charge is 2.22. The van der Waals surface area contributed by atoms with Crippen molar-refractivity contribution >= 4 is 29.2 Å². The van der Waals surface area contributed by atoms with Crippen molar-refractivity contribution in [2.45, 2.75) is 25.9 Å². The van der Waals surface area contributed by atoms with Crippen LogP contribution in [0.5, 0.6) is 5.75 Å². The van der Waals surface area contributed by atoms with Gasteiger partial charge in [0.25, 0.3) is 0 Å². The molecular formula is C14H18ClNO5. The monoisotopic (exact) mass is 315 g/mol. The summed E-state index contributed by atoms with van der Waals surface area (Å²) < 4.78 is 10.2. The Morgan fingerprint density at radius 1 is 1.33 bits per heavy atom. The van der Waals surface area contributed by atoms with Gasteiger partial charge in [-0.1, -0.05) is 11.6 Å². The molecule has 0 aromatic heterocycles. The van der Waals surface area contributed by atoms with Crippen LogP contribution < -0.4 is 10.1 Å². The minimum absolute atomic E-state index is 0.0716. The predicted octanol–water partition coefficient (Wildman–Crippen LogP) is 2.80. The number of nitrogens with one attached hydrogen (secondary N) is 1. The lowest BCUT2D eigenvalue weighted by atomic mass is 10.0. The summed E-state index contributed by atoms with van der Waals surface area (Å²) in [5, 5.41) is 11.8. The SMILES string of the molecule is COc1cc(NC(=O)CC(C)(C)OC)c(Cl)cc1C(=O)O. The van der Waals surface area contributed by atoms with Gasteiger partial charge < -0.3 is 19.9 Å². The molecule has 2 N–H and O–H groups in total. The molecule has 0 aliphatic carbocycles. The Labute approximate surface area is 128 Å². The number of carboxylic acid groups (broad SMARTS) is 1. The van der Waals surface area contributed by atoms with E-state index in [1.54, 1.807) is 13.8 Å². The lowest BCUT2D eigenvalue weighted by Crippen LogP contribution is -2.29. The molecule has 0 unspecified atom stereocenters. The molecule has 0 fully saturated rings. The number of amides is 1. The number of ether oxygens (including phenoxy) is 2. The third-order valence-corrected chi connectivity index (χ3v) is 3.25. The minimum atomic E-state index is -1.16. The van der Waals surface area contributed by atoms with Crippen molar-refractivity contribution in [1.29, 1.82) is 0 Å². The van der Waals surface area contributed by atoms with Crippen LogP contribution in [0.3, 0.4) is 0 Å². The Hall–Kier alpha value is -1.79. The molecule has 0 saturated heterocycles. The van der Waals surface area contributed by atoms with Crippen LogP contribution >= 0.6 is 11.6 Å². The van der Waals surface area contributed by atoms with Crippen molar-refractivity contribution in [3.63, 3.8) is 0 Å². The van der Waals surface area contributed by atoms with E-state index in [4.69, 9.17) is 26.2 Å². The van der Waals surface area contributed by atoms with Crippen LogP contribution in [0.1, 0.15) is 30.6 Å². The van der Waals surface area contributed by atoms with Crippen LogP contribution in [0, 0.1) is 0 Å². The fourth-order valence-electron chi connectivity index (χ4n) is 1.64. The number of halogens is 1. The van der Waals surface area contributed by atoms with Crippen LogP contribution in [0.4, 0.5) is 5.69 Å². The van der Waals surface area contributed by atoms with E-state index in [2.05, 4.69) is 5.32 Å². The average molecular weight is 316 g/mol. The third kappa shape index (κ3) is 4.61. The first-order valence-electron chi connectivity index (χ1n) is 6.16. The molecule has 6 nitrogen and oxygen atoms in total. The molecule has 0 aliphatic heterocycles. The Bertz CT molecular complexity index is 557. The first-order valence-corrected chi connectivity index (χ1v) is 6.54. The van der Waals surface area contributed by atoms with Crippen molar-refractivity contribution in [3.05, 3.63) is 22.7 Å². The van der Waals surface area contributed by atoms with Crippen LogP contribution in [-0.4, -0.2) is 36.8 Å². The van der Waals surface area contributed by atoms with Gasteiger partial charge in [0.2, 0.25) is 5.91 Å². The molecule has 0 saturated carbocycles. The quantitative estimate of drug-likeness (QED) is 0.843. The normalized spacial score (nSPS) is 11.1. The van der Waals surface area contributed by atoms with Crippen LogP contribution in [0.2, 0.25) is 5.02 Å². The standard InChI is InChI=1S/C14H18ClNO5/c1-14(2,21-4)7-12(17)16-10-6-11(20-3)8(13(18)19)5-9(10)15/h5-6H,7H2,1-4H3,(H,16,17)(H,18,19). The molecule has 1 aromatic rings. The zero-order chi connectivity index (χ0) is 16.2. The Balaban J connectivity index is 2.99. The molecular weight excluding hydrogens is 298 g/mol. The number of aromatic carboxylic acids is 1. The second kappa shape index (κ2) is 6.78. The molecule has 0 spiro atoms. The van der Waals surface area contributed by atoms with E-state index in [0.717, 1.165) is 0 Å². The molecule has 116 valence electrons. The van der Waals surface area contributed by atoms with Gasteiger partial charge in [-0.2, -0.15) is 0 Å². The topological polar surface area (TPSA) is 84.9 Å². The maximum Gasteiger partial charge on any atom is 0.339 e. The highest BCUT2D eigenvalue weighted by atomic mass is 35.5. The van der Waals surface area contributed by atoms with Crippen molar-refractivity contribution in [1.82, 2.24) is 0 Å². The number of carbonyl (C=O) groups is 2. The smallest absolute Gasteiger partial charge is 0.339 e. The molecule has 21 heavy (non-hydrogen) atoms. The Morgan fingerprint density at radius 2 is 1.95 bits per heavy atom. The molecule has 7 heteroatoms. The van der Waals surface area contributed by atoms with E-state index in [0.29, 0.717) is 0 Å². The van der Waals surface area contributed by atoms with Crippen molar-refractivity contribution in [2.75, 3.05) is 19.5 Å². The number of hydrogen-bond acceptors (Lipinski definition) is 4. The highest BCUT2D eigenvalue weighted by molar-refractivity contribution is 6.34. The Kier molecular flexibility index (Phi) is 5.57. The van der Waals surface area contributed by atoms with Gasteiger partial charge in [0.15, 0.2) is 0 Å². The van der Waals surface area contributed by atoms with Gasteiger partial charge in [-0.05, 0) is 19.9 Å². The maximum atomic E-state index is 12.0. The molecule has 0 radical (unpaired) electrons. The zero-order valence-corrected chi connectivity index (χ0v) is 13.1. The molecule has 1 aromatic carbocycles. The van der Waals surface area contributed by atoms with Gasteiger partial charge in [-0.3, -0.25) is 4.79 Å². The molecule has 0 aliphatic rings. The number of carboxylic acids is 1. The minimum Gasteiger partial charge on any atom is -0.496 e. The van der Waals surface area contributed by atoms with E-state index in [-0.39, 0.29) is 34.4 Å². The van der Waals surface area contributed by atoms with Crippen LogP contribution in [0.25, 0.3) is 0 Å². The summed E-state index contributed by atoms with van der Waals surface area (Å²) in [5.74, 6) is -1.34. The lowest BCUT2D eigenvalue weighted by molar-refractivity contribution is -0.121. The van der Waals surface area contributed by atoms with Crippen molar-refractivity contribution in [3.8, 4) is 5.75 Å². The molecule has 0 heterocycles. The van der Waals surface area contributed by atoms with Gasteiger partial charge in [0, 0.05) is 13.2 Å². The predicted molar refractivity (Wildman–Crippen MR) is 79.3 cm³/mol. The fourth-order valence-corrected chi connectivity index (χ4v) is 1.85. The summed E-state index contributed by atoms with van der Waals surface area (Å²) in [4.78, 5) is 23.0. The van der Waals surface area contributed by atoms with Gasteiger partial charge in [0.05, 0.1) is 29.8 Å².